The van der Waals surface area contributed by atoms with Crippen LogP contribution < -0.4 is 14.8 Å². The van der Waals surface area contributed by atoms with Crippen LogP contribution in [0.4, 0.5) is 10.3 Å². The zero-order valence-corrected chi connectivity index (χ0v) is 14.8. The highest BCUT2D eigenvalue weighted by molar-refractivity contribution is 7.92. The number of aromatic nitrogens is 2. The maximum absolute atomic E-state index is 12.3. The van der Waals surface area contributed by atoms with Crippen LogP contribution in [-0.4, -0.2) is 37.4 Å². The summed E-state index contributed by atoms with van der Waals surface area (Å²) >= 11 is 6.89. The van der Waals surface area contributed by atoms with Gasteiger partial charge in [0.1, 0.15) is 12.4 Å². The Hall–Kier alpha value is -1.91. The molecule has 1 amide bonds. The molecule has 0 spiro atoms. The second-order valence-corrected chi connectivity index (χ2v) is 8.40. The van der Waals surface area contributed by atoms with Gasteiger partial charge in [-0.1, -0.05) is 22.9 Å². The molecule has 0 aliphatic carbocycles. The van der Waals surface area contributed by atoms with Gasteiger partial charge in [0.15, 0.2) is 0 Å². The van der Waals surface area contributed by atoms with Crippen LogP contribution in [0.3, 0.4) is 0 Å². The summed E-state index contributed by atoms with van der Waals surface area (Å²) in [5.41, 5.74) is 0.866. The van der Waals surface area contributed by atoms with E-state index in [1.54, 1.807) is 18.2 Å². The topological polar surface area (TPSA) is 110 Å². The molecule has 24 heavy (non-hydrogen) atoms. The number of hydrogen-bond acceptors (Lipinski definition) is 7. The van der Waals surface area contributed by atoms with Crippen molar-refractivity contribution in [3.63, 3.8) is 0 Å². The van der Waals surface area contributed by atoms with Gasteiger partial charge in [-0.15, -0.1) is 10.2 Å². The lowest BCUT2D eigenvalue weighted by Crippen LogP contribution is -2.32. The average Bonchev–Trinajstić information content (AvgIpc) is 2.91. The van der Waals surface area contributed by atoms with Gasteiger partial charge in [-0.25, -0.2) is 8.42 Å². The number of ether oxygens (including phenoxy) is 1. The molecule has 0 saturated carbocycles. The fourth-order valence-corrected chi connectivity index (χ4v) is 3.88. The molecule has 1 aliphatic rings. The van der Waals surface area contributed by atoms with E-state index in [1.807, 2.05) is 0 Å². The Morgan fingerprint density at radius 1 is 1.38 bits per heavy atom. The monoisotopic (exact) mass is 388 g/mol. The van der Waals surface area contributed by atoms with Crippen LogP contribution in [0.2, 0.25) is 5.02 Å². The number of anilines is 2. The summed E-state index contributed by atoms with van der Waals surface area (Å²) in [6.45, 7) is 0.244. The minimum atomic E-state index is -3.44. The van der Waals surface area contributed by atoms with Crippen molar-refractivity contribution >= 4 is 49.1 Å². The van der Waals surface area contributed by atoms with Gasteiger partial charge in [0.25, 0.3) is 0 Å². The number of carbonyl (C=O) groups excluding carboxylic acids is 1. The van der Waals surface area contributed by atoms with Gasteiger partial charge in [-0.2, -0.15) is 0 Å². The third-order valence-corrected chi connectivity index (χ3v) is 4.91. The first-order chi connectivity index (χ1) is 11.3. The van der Waals surface area contributed by atoms with Crippen molar-refractivity contribution in [1.82, 2.24) is 10.2 Å². The highest BCUT2D eigenvalue weighted by Crippen LogP contribution is 2.30. The molecular weight excluding hydrogens is 376 g/mol. The molecule has 2 heterocycles. The van der Waals surface area contributed by atoms with Crippen LogP contribution in [0.5, 0.6) is 5.75 Å². The fraction of sp³-hybridized carbons (Fsp3) is 0.308. The van der Waals surface area contributed by atoms with E-state index in [9.17, 15) is 13.2 Å². The zero-order valence-electron chi connectivity index (χ0n) is 12.4. The molecule has 1 aliphatic heterocycles. The highest BCUT2D eigenvalue weighted by Gasteiger charge is 2.27. The van der Waals surface area contributed by atoms with E-state index >= 15 is 0 Å². The van der Waals surface area contributed by atoms with E-state index in [0.717, 1.165) is 28.9 Å². The van der Waals surface area contributed by atoms with Crippen molar-refractivity contribution in [2.45, 2.75) is 6.42 Å². The van der Waals surface area contributed by atoms with Crippen LogP contribution in [0.15, 0.2) is 18.2 Å². The second-order valence-electron chi connectivity index (χ2n) is 5.24. The maximum atomic E-state index is 12.3. The number of fused-ring (bicyclic) bond motifs is 1. The molecule has 128 valence electrons. The average molecular weight is 389 g/mol. The molecule has 0 saturated heterocycles. The van der Waals surface area contributed by atoms with E-state index in [0.29, 0.717) is 11.4 Å². The van der Waals surface area contributed by atoms with Gasteiger partial charge < -0.3 is 10.1 Å². The predicted molar refractivity (Wildman–Crippen MR) is 91.1 cm³/mol. The van der Waals surface area contributed by atoms with Gasteiger partial charge >= 0.3 is 0 Å². The Labute approximate surface area is 147 Å². The molecule has 1 unspecified atom stereocenters. The lowest BCUT2D eigenvalue weighted by molar-refractivity contribution is -0.121. The van der Waals surface area contributed by atoms with Crippen molar-refractivity contribution in [1.29, 1.82) is 0 Å². The first-order valence-electron chi connectivity index (χ1n) is 6.83. The lowest BCUT2D eigenvalue weighted by Gasteiger charge is -2.24. The minimum Gasteiger partial charge on any atom is -0.492 e. The molecule has 0 fully saturated rings. The van der Waals surface area contributed by atoms with Crippen LogP contribution in [0.1, 0.15) is 5.56 Å². The van der Waals surface area contributed by atoms with Gasteiger partial charge in [0.05, 0.1) is 12.2 Å². The van der Waals surface area contributed by atoms with Crippen LogP contribution in [0, 0.1) is 5.92 Å². The SMILES string of the molecule is CS(=O)(=O)Nc1nnc(NC(=O)C2COc3ccc(Cl)cc3C2)s1. The smallest absolute Gasteiger partial charge is 0.233 e. The minimum absolute atomic E-state index is 0.0878. The first kappa shape index (κ1) is 16.9. The van der Waals surface area contributed by atoms with Gasteiger partial charge in [-0.05, 0) is 30.2 Å². The largest absolute Gasteiger partial charge is 0.492 e. The van der Waals surface area contributed by atoms with Crippen molar-refractivity contribution in [2.75, 3.05) is 22.9 Å². The molecule has 8 nitrogen and oxygen atoms in total. The Morgan fingerprint density at radius 2 is 2.12 bits per heavy atom. The van der Waals surface area contributed by atoms with Crippen LogP contribution in [-0.2, 0) is 21.2 Å². The molecule has 0 bridgehead atoms. The number of sulfonamides is 1. The van der Waals surface area contributed by atoms with E-state index in [2.05, 4.69) is 20.2 Å². The molecule has 3 rings (SSSR count). The molecule has 2 N–H and O–H groups in total. The van der Waals surface area contributed by atoms with E-state index in [4.69, 9.17) is 16.3 Å². The quantitative estimate of drug-likeness (QED) is 0.825. The summed E-state index contributed by atoms with van der Waals surface area (Å²) in [7, 11) is -3.44. The molecule has 1 atom stereocenters. The fourth-order valence-electron chi connectivity index (χ4n) is 2.21. The molecule has 11 heteroatoms. The number of rotatable bonds is 4. The predicted octanol–water partition coefficient (Wildman–Crippen LogP) is 1.75. The lowest BCUT2D eigenvalue weighted by atomic mass is 9.96. The number of benzene rings is 1. The third-order valence-electron chi connectivity index (χ3n) is 3.23. The summed E-state index contributed by atoms with van der Waals surface area (Å²) in [5, 5.41) is 10.9. The number of halogens is 1. The van der Waals surface area contributed by atoms with Crippen molar-refractivity contribution in [2.24, 2.45) is 5.92 Å². The third kappa shape index (κ3) is 4.13. The van der Waals surface area contributed by atoms with Crippen molar-refractivity contribution in [3.8, 4) is 5.75 Å². The number of nitrogens with one attached hydrogen (secondary N) is 2. The summed E-state index contributed by atoms with van der Waals surface area (Å²) in [5.74, 6) is 0.0490. The number of amides is 1. The normalized spacial score (nSPS) is 16.8. The summed E-state index contributed by atoms with van der Waals surface area (Å²) < 4.78 is 30.1. The van der Waals surface area contributed by atoms with Gasteiger partial charge in [-0.3, -0.25) is 9.52 Å². The van der Waals surface area contributed by atoms with Crippen LogP contribution >= 0.6 is 22.9 Å². The van der Waals surface area contributed by atoms with Gasteiger partial charge in [0.2, 0.25) is 26.2 Å². The summed E-state index contributed by atoms with van der Waals surface area (Å²) in [4.78, 5) is 12.3. The van der Waals surface area contributed by atoms with Crippen molar-refractivity contribution < 1.29 is 17.9 Å². The number of carbonyl (C=O) groups is 1. The Bertz CT molecular complexity index is 884. The van der Waals surface area contributed by atoms with Crippen molar-refractivity contribution in [3.05, 3.63) is 28.8 Å². The van der Waals surface area contributed by atoms with E-state index in [-0.39, 0.29) is 22.8 Å². The highest BCUT2D eigenvalue weighted by atomic mass is 35.5. The van der Waals surface area contributed by atoms with E-state index < -0.39 is 15.9 Å². The first-order valence-corrected chi connectivity index (χ1v) is 9.92. The molecule has 1 aromatic heterocycles. The molecular formula is C13H13ClN4O4S2. The molecule has 2 aromatic rings. The Balaban J connectivity index is 1.66. The Kier molecular flexibility index (Phi) is 4.61. The number of hydrogen-bond donors (Lipinski definition) is 2. The molecule has 0 radical (unpaired) electrons. The summed E-state index contributed by atoms with van der Waals surface area (Å²) in [6.07, 6.45) is 1.50. The summed E-state index contributed by atoms with van der Waals surface area (Å²) in [6, 6.07) is 5.29. The Morgan fingerprint density at radius 3 is 2.88 bits per heavy atom. The number of nitrogens with zero attached hydrogens (tertiary/aromatic N) is 2. The maximum Gasteiger partial charge on any atom is 0.233 e. The van der Waals surface area contributed by atoms with Crippen LogP contribution in [0.25, 0.3) is 0 Å². The second kappa shape index (κ2) is 6.54. The zero-order chi connectivity index (χ0) is 17.3. The standard InChI is InChI=1S/C13H13ClN4O4S2/c1-24(20,21)18-13-17-16-12(23-13)15-11(19)8-4-7-5-9(14)2-3-10(7)22-6-8/h2-3,5,8H,4,6H2,1H3,(H,17,18)(H,15,16,19). The molecule has 1 aromatic carbocycles. The van der Waals surface area contributed by atoms with E-state index in [1.165, 1.54) is 0 Å². The van der Waals surface area contributed by atoms with Gasteiger partial charge in [0, 0.05) is 5.02 Å².